The normalized spacial score (nSPS) is 30.2. The molecule has 7 nitrogen and oxygen atoms in total. The van der Waals surface area contributed by atoms with Crippen LogP contribution >= 0.6 is 0 Å². The molecular formula is C5H8N4O3. The molecule has 1 rings (SSSR count). The van der Waals surface area contributed by atoms with Gasteiger partial charge in [0, 0.05) is 7.05 Å². The van der Waals surface area contributed by atoms with Gasteiger partial charge in [0.25, 0.3) is 5.91 Å². The lowest BCUT2D eigenvalue weighted by Gasteiger charge is -2.23. The van der Waals surface area contributed by atoms with E-state index in [-0.39, 0.29) is 0 Å². The molecule has 0 spiro atoms. The van der Waals surface area contributed by atoms with Crippen molar-refractivity contribution in [2.75, 3.05) is 7.05 Å². The van der Waals surface area contributed by atoms with Crippen LogP contribution in [0.5, 0.6) is 0 Å². The maximum atomic E-state index is 10.9. The van der Waals surface area contributed by atoms with E-state index in [1.807, 2.05) is 5.32 Å². The molecule has 0 saturated carbocycles. The Morgan fingerprint density at radius 2 is 2.17 bits per heavy atom. The smallest absolute Gasteiger partial charge is 0.323 e. The van der Waals surface area contributed by atoms with Gasteiger partial charge >= 0.3 is 6.03 Å². The second kappa shape index (κ2) is 3.26. The number of carbonyl (C=O) groups excluding carboxylic acids is 2. The minimum Gasteiger partial charge on any atom is -0.371 e. The third kappa shape index (κ3) is 1.56. The minimum absolute atomic E-state index is 0.656. The number of azo groups is 1. The average molecular weight is 172 g/mol. The molecule has 0 aromatic heterocycles. The fourth-order valence-electron chi connectivity index (χ4n) is 0.819. The first kappa shape index (κ1) is 8.60. The highest BCUT2D eigenvalue weighted by Crippen LogP contribution is 2.01. The summed E-state index contributed by atoms with van der Waals surface area (Å²) in [7, 11) is 1.37. The lowest BCUT2D eigenvalue weighted by molar-refractivity contribution is -0.125. The molecule has 2 unspecified atom stereocenters. The summed E-state index contributed by atoms with van der Waals surface area (Å²) in [6.07, 6.45) is -1.30. The van der Waals surface area contributed by atoms with Crippen LogP contribution in [0.2, 0.25) is 0 Å². The third-order valence-corrected chi connectivity index (χ3v) is 1.32. The molecule has 0 aromatic carbocycles. The van der Waals surface area contributed by atoms with Gasteiger partial charge in [0.2, 0.25) is 0 Å². The number of carbonyl (C=O) groups is 2. The lowest BCUT2D eigenvalue weighted by atomic mass is 10.2. The number of amides is 3. The van der Waals surface area contributed by atoms with E-state index in [1.54, 1.807) is 0 Å². The molecule has 0 aromatic rings. The van der Waals surface area contributed by atoms with E-state index in [2.05, 4.69) is 15.5 Å². The van der Waals surface area contributed by atoms with Crippen LogP contribution in [-0.4, -0.2) is 36.4 Å². The summed E-state index contributed by atoms with van der Waals surface area (Å²) in [5.41, 5.74) is 0. The number of urea groups is 1. The standard InChI is InChI=1S/C5H8N4O3/c1-6-9-2-3(10)7-5(12)8-4(2)11/h2-3,10H,1H3,(H2,7,8,11,12). The van der Waals surface area contributed by atoms with Crippen molar-refractivity contribution < 1.29 is 14.7 Å². The fourth-order valence-corrected chi connectivity index (χ4v) is 0.819. The van der Waals surface area contributed by atoms with Crippen molar-refractivity contribution in [3.05, 3.63) is 0 Å². The van der Waals surface area contributed by atoms with Crippen LogP contribution in [-0.2, 0) is 4.79 Å². The van der Waals surface area contributed by atoms with Gasteiger partial charge in [-0.05, 0) is 0 Å². The number of rotatable bonds is 1. The Kier molecular flexibility index (Phi) is 2.34. The van der Waals surface area contributed by atoms with Crippen molar-refractivity contribution in [3.8, 4) is 0 Å². The summed E-state index contributed by atoms with van der Waals surface area (Å²) >= 11 is 0. The molecule has 3 amide bonds. The monoisotopic (exact) mass is 172 g/mol. The van der Waals surface area contributed by atoms with Gasteiger partial charge in [-0.1, -0.05) is 0 Å². The fraction of sp³-hybridized carbons (Fsp3) is 0.600. The zero-order valence-corrected chi connectivity index (χ0v) is 6.31. The average Bonchev–Trinajstić information content (AvgIpc) is 1.96. The van der Waals surface area contributed by atoms with Crippen molar-refractivity contribution in [3.63, 3.8) is 0 Å². The first-order valence-corrected chi connectivity index (χ1v) is 3.23. The summed E-state index contributed by atoms with van der Waals surface area (Å²) in [4.78, 5) is 21.5. The van der Waals surface area contributed by atoms with Crippen molar-refractivity contribution in [1.29, 1.82) is 0 Å². The van der Waals surface area contributed by atoms with E-state index < -0.39 is 24.2 Å². The maximum absolute atomic E-state index is 10.9. The van der Waals surface area contributed by atoms with Crippen LogP contribution in [0.4, 0.5) is 4.79 Å². The summed E-state index contributed by atoms with van der Waals surface area (Å²) < 4.78 is 0. The Bertz CT molecular complexity index is 239. The van der Waals surface area contributed by atoms with E-state index in [1.165, 1.54) is 7.05 Å². The SMILES string of the molecule is CN=NC1C(=O)NC(=O)NC1O. The van der Waals surface area contributed by atoms with Gasteiger partial charge in [-0.15, -0.1) is 0 Å². The molecular weight excluding hydrogens is 164 g/mol. The van der Waals surface area contributed by atoms with E-state index in [0.717, 1.165) is 0 Å². The molecule has 0 aliphatic carbocycles. The highest BCUT2D eigenvalue weighted by Gasteiger charge is 2.34. The highest BCUT2D eigenvalue weighted by atomic mass is 16.3. The van der Waals surface area contributed by atoms with Crippen LogP contribution in [0.15, 0.2) is 10.2 Å². The molecule has 2 atom stereocenters. The Morgan fingerprint density at radius 1 is 1.50 bits per heavy atom. The Morgan fingerprint density at radius 3 is 2.67 bits per heavy atom. The van der Waals surface area contributed by atoms with E-state index >= 15 is 0 Å². The van der Waals surface area contributed by atoms with Crippen LogP contribution < -0.4 is 10.6 Å². The number of aliphatic hydroxyl groups excluding tert-OH is 1. The molecule has 7 heteroatoms. The van der Waals surface area contributed by atoms with Crippen LogP contribution in [0, 0.1) is 0 Å². The molecule has 3 N–H and O–H groups in total. The largest absolute Gasteiger partial charge is 0.371 e. The van der Waals surface area contributed by atoms with Crippen LogP contribution in [0.3, 0.4) is 0 Å². The molecule has 66 valence electrons. The Balaban J connectivity index is 2.73. The molecule has 0 bridgehead atoms. The predicted octanol–water partition coefficient (Wildman–Crippen LogP) is -1.41. The van der Waals surface area contributed by atoms with Gasteiger partial charge in [0.1, 0.15) is 0 Å². The van der Waals surface area contributed by atoms with Crippen molar-refractivity contribution in [2.24, 2.45) is 10.2 Å². The zero-order chi connectivity index (χ0) is 9.14. The molecule has 1 heterocycles. The number of hydrogen-bond donors (Lipinski definition) is 3. The molecule has 1 fully saturated rings. The summed E-state index contributed by atoms with van der Waals surface area (Å²) in [6.45, 7) is 0. The number of aliphatic hydroxyl groups is 1. The topological polar surface area (TPSA) is 103 Å². The molecule has 1 saturated heterocycles. The van der Waals surface area contributed by atoms with Gasteiger partial charge in [-0.25, -0.2) is 4.79 Å². The number of imide groups is 1. The lowest BCUT2D eigenvalue weighted by Crippen LogP contribution is -2.60. The van der Waals surface area contributed by atoms with Crippen LogP contribution in [0.1, 0.15) is 0 Å². The summed E-state index contributed by atoms with van der Waals surface area (Å²) in [5.74, 6) is -0.656. The molecule has 12 heavy (non-hydrogen) atoms. The van der Waals surface area contributed by atoms with Gasteiger partial charge in [0.15, 0.2) is 12.3 Å². The van der Waals surface area contributed by atoms with Gasteiger partial charge in [-0.3, -0.25) is 10.1 Å². The maximum Gasteiger partial charge on any atom is 0.323 e. The number of hydrogen-bond acceptors (Lipinski definition) is 5. The van der Waals surface area contributed by atoms with E-state index in [9.17, 15) is 9.59 Å². The van der Waals surface area contributed by atoms with Crippen LogP contribution in [0.25, 0.3) is 0 Å². The zero-order valence-electron chi connectivity index (χ0n) is 6.31. The summed E-state index contributed by atoms with van der Waals surface area (Å²) in [5, 5.41) is 19.9. The highest BCUT2D eigenvalue weighted by molar-refractivity contribution is 6.00. The molecule has 1 aliphatic heterocycles. The van der Waals surface area contributed by atoms with Gasteiger partial charge in [0.05, 0.1) is 0 Å². The molecule has 0 radical (unpaired) electrons. The number of nitrogens with one attached hydrogen (secondary N) is 2. The first-order valence-electron chi connectivity index (χ1n) is 3.23. The predicted molar refractivity (Wildman–Crippen MR) is 37.2 cm³/mol. The third-order valence-electron chi connectivity index (χ3n) is 1.32. The van der Waals surface area contributed by atoms with E-state index in [0.29, 0.717) is 0 Å². The second-order valence-electron chi connectivity index (χ2n) is 2.17. The van der Waals surface area contributed by atoms with Gasteiger partial charge in [-0.2, -0.15) is 10.2 Å². The first-order chi connectivity index (χ1) is 5.65. The quantitative estimate of drug-likeness (QED) is 0.423. The van der Waals surface area contributed by atoms with E-state index in [4.69, 9.17) is 5.11 Å². The molecule has 1 aliphatic rings. The van der Waals surface area contributed by atoms with Crippen molar-refractivity contribution >= 4 is 11.9 Å². The van der Waals surface area contributed by atoms with Gasteiger partial charge < -0.3 is 10.4 Å². The Hall–Kier alpha value is -1.50. The van der Waals surface area contributed by atoms with Crippen molar-refractivity contribution in [1.82, 2.24) is 10.6 Å². The Labute approximate surface area is 67.9 Å². The summed E-state index contributed by atoms with van der Waals surface area (Å²) in [6, 6.07) is -1.78. The minimum atomic E-state index is -1.30. The number of nitrogens with zero attached hydrogens (tertiary/aromatic N) is 2. The second-order valence-corrected chi connectivity index (χ2v) is 2.17. The van der Waals surface area contributed by atoms with Crippen molar-refractivity contribution in [2.45, 2.75) is 12.3 Å².